The average molecular weight is 448 g/mol. The van der Waals surface area contributed by atoms with Crippen LogP contribution in [0.1, 0.15) is 40.6 Å². The molecule has 0 spiro atoms. The Morgan fingerprint density at radius 3 is 2.70 bits per heavy atom. The van der Waals surface area contributed by atoms with Crippen molar-refractivity contribution in [2.24, 2.45) is 5.73 Å². The highest BCUT2D eigenvalue weighted by atomic mass is 19.1. The molecule has 1 aliphatic rings. The van der Waals surface area contributed by atoms with Crippen LogP contribution in [0.5, 0.6) is 0 Å². The Bertz CT molecular complexity index is 1140. The molecule has 0 unspecified atom stereocenters. The lowest BCUT2D eigenvalue weighted by atomic mass is 10.0. The minimum absolute atomic E-state index is 0.0478. The minimum atomic E-state index is -0.520. The summed E-state index contributed by atoms with van der Waals surface area (Å²) in [7, 11) is 0. The standard InChI is InChI=1S/C25H25FN4O3/c26-20-9-7-17(8-10-20)3-1-6-22(31)30-13-14-33-21(16-30)24-23(28-11-12-29-24)18-4-2-5-19(15-18)25(27)32/h2,4-5,7-12,15,21H,1,3,6,13-14,16H2,(H2,27,32)/t21-/m1/s1. The monoisotopic (exact) mass is 448 g/mol. The van der Waals surface area contributed by atoms with Gasteiger partial charge < -0.3 is 15.4 Å². The zero-order valence-corrected chi connectivity index (χ0v) is 18.1. The second-order valence-corrected chi connectivity index (χ2v) is 7.91. The van der Waals surface area contributed by atoms with Crippen LogP contribution in [-0.4, -0.2) is 46.4 Å². The molecule has 1 saturated heterocycles. The number of carbonyl (C=O) groups is 2. The van der Waals surface area contributed by atoms with Crippen LogP contribution in [0.4, 0.5) is 4.39 Å². The summed E-state index contributed by atoms with van der Waals surface area (Å²) < 4.78 is 19.0. The Balaban J connectivity index is 1.43. The maximum atomic E-state index is 13.0. The molecule has 170 valence electrons. The van der Waals surface area contributed by atoms with E-state index in [2.05, 4.69) is 9.97 Å². The first kappa shape index (κ1) is 22.5. The normalized spacial score (nSPS) is 15.9. The number of benzene rings is 2. The van der Waals surface area contributed by atoms with Crippen molar-refractivity contribution < 1.29 is 18.7 Å². The molecule has 33 heavy (non-hydrogen) atoms. The quantitative estimate of drug-likeness (QED) is 0.598. The van der Waals surface area contributed by atoms with Gasteiger partial charge in [-0.3, -0.25) is 19.6 Å². The summed E-state index contributed by atoms with van der Waals surface area (Å²) in [6, 6.07) is 13.2. The lowest BCUT2D eigenvalue weighted by Crippen LogP contribution is -2.42. The Hall–Kier alpha value is -3.65. The van der Waals surface area contributed by atoms with Gasteiger partial charge in [-0.25, -0.2) is 4.39 Å². The van der Waals surface area contributed by atoms with Crippen molar-refractivity contribution in [3.8, 4) is 11.3 Å². The SMILES string of the molecule is NC(=O)c1cccc(-c2nccnc2[C@H]2CN(C(=O)CCCc3ccc(F)cc3)CCO2)c1. The maximum absolute atomic E-state index is 13.0. The molecule has 0 radical (unpaired) electrons. The Labute approximate surface area is 191 Å². The highest BCUT2D eigenvalue weighted by Gasteiger charge is 2.28. The van der Waals surface area contributed by atoms with Crippen LogP contribution in [-0.2, 0) is 16.0 Å². The van der Waals surface area contributed by atoms with Crippen LogP contribution in [0, 0.1) is 5.82 Å². The molecule has 0 saturated carbocycles. The van der Waals surface area contributed by atoms with Gasteiger partial charge in [-0.1, -0.05) is 24.3 Å². The highest BCUT2D eigenvalue weighted by Crippen LogP contribution is 2.29. The van der Waals surface area contributed by atoms with Crippen molar-refractivity contribution in [2.75, 3.05) is 19.7 Å². The first-order chi connectivity index (χ1) is 16.0. The van der Waals surface area contributed by atoms with E-state index in [0.717, 1.165) is 5.56 Å². The zero-order valence-electron chi connectivity index (χ0n) is 18.1. The van der Waals surface area contributed by atoms with Crippen molar-refractivity contribution in [3.63, 3.8) is 0 Å². The van der Waals surface area contributed by atoms with Gasteiger partial charge >= 0.3 is 0 Å². The van der Waals surface area contributed by atoms with Crippen LogP contribution in [0.2, 0.25) is 0 Å². The second kappa shape index (κ2) is 10.3. The summed E-state index contributed by atoms with van der Waals surface area (Å²) in [5, 5.41) is 0. The number of carbonyl (C=O) groups excluding carboxylic acids is 2. The summed E-state index contributed by atoms with van der Waals surface area (Å²) in [6.07, 6.45) is 4.53. The number of aryl methyl sites for hydroxylation is 1. The molecule has 1 aliphatic heterocycles. The summed E-state index contributed by atoms with van der Waals surface area (Å²) in [5.41, 5.74) is 8.72. The molecular weight excluding hydrogens is 423 g/mol. The topological polar surface area (TPSA) is 98.4 Å². The number of nitrogens with two attached hydrogens (primary N) is 1. The van der Waals surface area contributed by atoms with Crippen LogP contribution in [0.15, 0.2) is 60.9 Å². The number of amides is 2. The molecule has 2 heterocycles. The van der Waals surface area contributed by atoms with Gasteiger partial charge in [0.15, 0.2) is 0 Å². The summed E-state index contributed by atoms with van der Waals surface area (Å²) in [5.74, 6) is -0.737. The average Bonchev–Trinajstić information content (AvgIpc) is 2.85. The van der Waals surface area contributed by atoms with Crippen molar-refractivity contribution in [3.05, 3.63) is 83.6 Å². The predicted octanol–water partition coefficient (Wildman–Crippen LogP) is 3.30. The lowest BCUT2D eigenvalue weighted by Gasteiger charge is -2.33. The van der Waals surface area contributed by atoms with E-state index in [1.807, 2.05) is 6.07 Å². The molecular formula is C25H25FN4O3. The summed E-state index contributed by atoms with van der Waals surface area (Å²) >= 11 is 0. The number of morpholine rings is 1. The molecule has 2 aromatic carbocycles. The third-order valence-electron chi connectivity index (χ3n) is 5.64. The molecule has 1 fully saturated rings. The van der Waals surface area contributed by atoms with Gasteiger partial charge in [0.1, 0.15) is 11.9 Å². The van der Waals surface area contributed by atoms with Gasteiger partial charge in [0, 0.05) is 36.5 Å². The number of hydrogen-bond donors (Lipinski definition) is 1. The summed E-state index contributed by atoms with van der Waals surface area (Å²) in [4.78, 5) is 35.1. The number of ether oxygens (including phenoxy) is 1. The number of nitrogens with zero attached hydrogens (tertiary/aromatic N) is 3. The fraction of sp³-hybridized carbons (Fsp3) is 0.280. The van der Waals surface area contributed by atoms with Gasteiger partial charge in [0.25, 0.3) is 0 Å². The van der Waals surface area contributed by atoms with E-state index in [1.54, 1.807) is 47.6 Å². The van der Waals surface area contributed by atoms with Crippen molar-refractivity contribution in [2.45, 2.75) is 25.4 Å². The number of halogens is 1. The van der Waals surface area contributed by atoms with Gasteiger partial charge in [0.2, 0.25) is 11.8 Å². The largest absolute Gasteiger partial charge is 0.368 e. The molecule has 4 rings (SSSR count). The highest BCUT2D eigenvalue weighted by molar-refractivity contribution is 5.94. The first-order valence-electron chi connectivity index (χ1n) is 10.9. The molecule has 0 bridgehead atoms. The Morgan fingerprint density at radius 1 is 1.12 bits per heavy atom. The molecule has 7 nitrogen and oxygen atoms in total. The van der Waals surface area contributed by atoms with Crippen molar-refractivity contribution in [1.82, 2.24) is 14.9 Å². The fourth-order valence-electron chi connectivity index (χ4n) is 3.92. The lowest BCUT2D eigenvalue weighted by molar-refractivity contribution is -0.139. The molecule has 1 aromatic heterocycles. The Kier molecular flexibility index (Phi) is 7.04. The van der Waals surface area contributed by atoms with Gasteiger partial charge in [-0.15, -0.1) is 0 Å². The number of rotatable bonds is 7. The van der Waals surface area contributed by atoms with E-state index in [1.165, 1.54) is 12.1 Å². The third kappa shape index (κ3) is 5.59. The van der Waals surface area contributed by atoms with Crippen LogP contribution < -0.4 is 5.73 Å². The van der Waals surface area contributed by atoms with E-state index < -0.39 is 12.0 Å². The predicted molar refractivity (Wildman–Crippen MR) is 121 cm³/mol. The van der Waals surface area contributed by atoms with Crippen LogP contribution in [0.25, 0.3) is 11.3 Å². The maximum Gasteiger partial charge on any atom is 0.248 e. The summed E-state index contributed by atoms with van der Waals surface area (Å²) in [6.45, 7) is 1.28. The van der Waals surface area contributed by atoms with E-state index in [-0.39, 0.29) is 11.7 Å². The smallest absolute Gasteiger partial charge is 0.248 e. The van der Waals surface area contributed by atoms with E-state index in [9.17, 15) is 14.0 Å². The van der Waals surface area contributed by atoms with E-state index >= 15 is 0 Å². The zero-order chi connectivity index (χ0) is 23.2. The van der Waals surface area contributed by atoms with Crippen molar-refractivity contribution >= 4 is 11.8 Å². The molecule has 0 aliphatic carbocycles. The van der Waals surface area contributed by atoms with Gasteiger partial charge in [-0.2, -0.15) is 0 Å². The Morgan fingerprint density at radius 2 is 1.91 bits per heavy atom. The number of aromatic nitrogens is 2. The van der Waals surface area contributed by atoms with Crippen molar-refractivity contribution in [1.29, 1.82) is 0 Å². The van der Waals surface area contributed by atoms with Crippen LogP contribution in [0.3, 0.4) is 0 Å². The van der Waals surface area contributed by atoms with E-state index in [4.69, 9.17) is 10.5 Å². The number of primary amides is 1. The molecule has 1 atom stereocenters. The first-order valence-corrected chi connectivity index (χ1v) is 10.9. The third-order valence-corrected chi connectivity index (χ3v) is 5.64. The molecule has 2 amide bonds. The molecule has 8 heteroatoms. The van der Waals surface area contributed by atoms with E-state index in [0.29, 0.717) is 61.5 Å². The van der Waals surface area contributed by atoms with Gasteiger partial charge in [-0.05, 0) is 42.7 Å². The minimum Gasteiger partial charge on any atom is -0.368 e. The fourth-order valence-corrected chi connectivity index (χ4v) is 3.92. The molecule has 2 N–H and O–H groups in total. The number of hydrogen-bond acceptors (Lipinski definition) is 5. The van der Waals surface area contributed by atoms with Crippen LogP contribution >= 0.6 is 0 Å². The second-order valence-electron chi connectivity index (χ2n) is 7.91. The van der Waals surface area contributed by atoms with Gasteiger partial charge in [0.05, 0.1) is 24.5 Å². The molecule has 3 aromatic rings.